The van der Waals surface area contributed by atoms with Gasteiger partial charge < -0.3 is 11.1 Å². The third kappa shape index (κ3) is 2.82. The van der Waals surface area contributed by atoms with E-state index in [0.717, 1.165) is 5.69 Å². The molecule has 1 aromatic carbocycles. The number of nitrogens with one attached hydrogen (secondary N) is 1. The average molecular weight is 176 g/mol. The fourth-order valence-corrected chi connectivity index (χ4v) is 1.04. The second-order valence-corrected chi connectivity index (χ2v) is 3.12. The molecule has 0 heterocycles. The molecule has 0 bridgehead atoms. The van der Waals surface area contributed by atoms with Crippen LogP contribution < -0.4 is 16.5 Å². The smallest absolute Gasteiger partial charge is 0.236 e. The van der Waals surface area contributed by atoms with Gasteiger partial charge in [0.2, 0.25) is 5.91 Å². The molecule has 0 saturated heterocycles. The Morgan fingerprint density at radius 3 is 2.85 bits per heavy atom. The molecular formula is C9H13BN2O. The molecule has 0 atom stereocenters. The summed E-state index contributed by atoms with van der Waals surface area (Å²) in [6, 6.07) is 5.95. The van der Waals surface area contributed by atoms with Crippen LogP contribution in [0.1, 0.15) is 5.56 Å². The van der Waals surface area contributed by atoms with E-state index in [2.05, 4.69) is 5.32 Å². The molecule has 0 aromatic heterocycles. The van der Waals surface area contributed by atoms with Crippen molar-refractivity contribution in [2.75, 3.05) is 11.9 Å². The van der Waals surface area contributed by atoms with E-state index in [0.29, 0.717) is 0 Å². The van der Waals surface area contributed by atoms with Crippen molar-refractivity contribution >= 4 is 24.9 Å². The number of carbonyl (C=O) groups excluding carboxylic acids is 1. The SMILES string of the molecule is Bc1ccc(NCC(N)=O)cc1C. The highest BCUT2D eigenvalue weighted by atomic mass is 16.1. The van der Waals surface area contributed by atoms with Gasteiger partial charge in [-0.1, -0.05) is 17.1 Å². The highest BCUT2D eigenvalue weighted by Gasteiger charge is 1.96. The lowest BCUT2D eigenvalue weighted by molar-refractivity contribution is -0.116. The summed E-state index contributed by atoms with van der Waals surface area (Å²) in [5.41, 5.74) is 8.38. The van der Waals surface area contributed by atoms with E-state index in [4.69, 9.17) is 5.73 Å². The standard InChI is InChI=1S/C9H13BN2O/c1-6-4-7(2-3-8(6)10)12-5-9(11)13/h2-4,12H,5,10H2,1H3,(H2,11,13). The molecule has 68 valence electrons. The largest absolute Gasteiger partial charge is 0.376 e. The number of nitrogens with two attached hydrogens (primary N) is 1. The van der Waals surface area contributed by atoms with Crippen molar-refractivity contribution in [2.24, 2.45) is 5.73 Å². The van der Waals surface area contributed by atoms with Gasteiger partial charge in [0.25, 0.3) is 0 Å². The Kier molecular flexibility index (Phi) is 2.95. The zero-order valence-electron chi connectivity index (χ0n) is 7.92. The minimum absolute atomic E-state index is 0.183. The molecule has 0 saturated carbocycles. The maximum absolute atomic E-state index is 10.5. The van der Waals surface area contributed by atoms with Crippen molar-refractivity contribution in [3.63, 3.8) is 0 Å². The lowest BCUT2D eigenvalue weighted by Crippen LogP contribution is -2.22. The lowest BCUT2D eigenvalue weighted by atomic mass is 9.91. The Balaban J connectivity index is 2.68. The first-order valence-corrected chi connectivity index (χ1v) is 4.19. The van der Waals surface area contributed by atoms with Gasteiger partial charge >= 0.3 is 0 Å². The van der Waals surface area contributed by atoms with Crippen LogP contribution in [0.4, 0.5) is 5.69 Å². The molecule has 0 radical (unpaired) electrons. The summed E-state index contributed by atoms with van der Waals surface area (Å²) in [5, 5.41) is 2.94. The third-order valence-corrected chi connectivity index (χ3v) is 1.97. The van der Waals surface area contributed by atoms with Crippen LogP contribution in [0.5, 0.6) is 0 Å². The molecule has 13 heavy (non-hydrogen) atoms. The molecule has 3 N–H and O–H groups in total. The molecule has 0 aliphatic carbocycles. The van der Waals surface area contributed by atoms with Crippen LogP contribution in [-0.4, -0.2) is 20.3 Å². The van der Waals surface area contributed by atoms with E-state index in [9.17, 15) is 4.79 Å². The quantitative estimate of drug-likeness (QED) is 0.589. The van der Waals surface area contributed by atoms with Gasteiger partial charge in [-0.25, -0.2) is 0 Å². The number of anilines is 1. The first kappa shape index (κ1) is 9.64. The molecule has 0 fully saturated rings. The van der Waals surface area contributed by atoms with Gasteiger partial charge in [-0.15, -0.1) is 0 Å². The molecule has 0 aliphatic heterocycles. The number of hydrogen-bond acceptors (Lipinski definition) is 2. The lowest BCUT2D eigenvalue weighted by Gasteiger charge is -2.06. The maximum Gasteiger partial charge on any atom is 0.236 e. The minimum atomic E-state index is -0.349. The Bertz CT molecular complexity index is 325. The van der Waals surface area contributed by atoms with Crippen LogP contribution >= 0.6 is 0 Å². The number of amides is 1. The third-order valence-electron chi connectivity index (χ3n) is 1.97. The zero-order valence-corrected chi connectivity index (χ0v) is 7.92. The van der Waals surface area contributed by atoms with Crippen LogP contribution in [-0.2, 0) is 4.79 Å². The second-order valence-electron chi connectivity index (χ2n) is 3.12. The summed E-state index contributed by atoms with van der Waals surface area (Å²) < 4.78 is 0. The van der Waals surface area contributed by atoms with Crippen LogP contribution in [0.25, 0.3) is 0 Å². The van der Waals surface area contributed by atoms with E-state index >= 15 is 0 Å². The first-order valence-electron chi connectivity index (χ1n) is 4.19. The molecule has 0 spiro atoms. The Morgan fingerprint density at radius 1 is 1.62 bits per heavy atom. The predicted octanol–water partition coefficient (Wildman–Crippen LogP) is -0.849. The Labute approximate surface area is 78.7 Å². The normalized spacial score (nSPS) is 9.62. The molecule has 4 heteroatoms. The van der Waals surface area contributed by atoms with E-state index in [1.807, 2.05) is 33.0 Å². The van der Waals surface area contributed by atoms with Crippen LogP contribution in [0.2, 0.25) is 0 Å². The molecule has 0 unspecified atom stereocenters. The van der Waals surface area contributed by atoms with Gasteiger partial charge in [-0.2, -0.15) is 0 Å². The summed E-state index contributed by atoms with van der Waals surface area (Å²) in [6.45, 7) is 2.22. The predicted molar refractivity (Wildman–Crippen MR) is 57.0 cm³/mol. The van der Waals surface area contributed by atoms with Crippen molar-refractivity contribution in [2.45, 2.75) is 6.92 Å². The van der Waals surface area contributed by atoms with E-state index in [1.165, 1.54) is 11.0 Å². The average Bonchev–Trinajstić information content (AvgIpc) is 2.07. The fourth-order valence-electron chi connectivity index (χ4n) is 1.04. The van der Waals surface area contributed by atoms with E-state index in [-0.39, 0.29) is 12.5 Å². The Morgan fingerprint density at radius 2 is 2.31 bits per heavy atom. The summed E-state index contributed by atoms with van der Waals surface area (Å²) in [6.07, 6.45) is 0. The topological polar surface area (TPSA) is 55.1 Å². The fraction of sp³-hybridized carbons (Fsp3) is 0.222. The van der Waals surface area contributed by atoms with Gasteiger partial charge in [-0.3, -0.25) is 4.79 Å². The summed E-state index contributed by atoms with van der Waals surface area (Å²) in [7, 11) is 2.05. The first-order chi connectivity index (χ1) is 6.09. The maximum atomic E-state index is 10.5. The van der Waals surface area contributed by atoms with Crippen molar-refractivity contribution in [1.29, 1.82) is 0 Å². The second kappa shape index (κ2) is 3.98. The van der Waals surface area contributed by atoms with E-state index in [1.54, 1.807) is 0 Å². The van der Waals surface area contributed by atoms with Gasteiger partial charge in [-0.05, 0) is 19.1 Å². The highest BCUT2D eigenvalue weighted by molar-refractivity contribution is 6.33. The van der Waals surface area contributed by atoms with Crippen LogP contribution in [0.15, 0.2) is 18.2 Å². The summed E-state index contributed by atoms with van der Waals surface area (Å²) in [4.78, 5) is 10.5. The molecule has 1 aromatic rings. The number of aryl methyl sites for hydroxylation is 1. The zero-order chi connectivity index (χ0) is 9.84. The molecule has 1 rings (SSSR count). The van der Waals surface area contributed by atoms with E-state index < -0.39 is 0 Å². The molecule has 0 aliphatic rings. The van der Waals surface area contributed by atoms with Crippen molar-refractivity contribution in [3.8, 4) is 0 Å². The number of hydrogen-bond donors (Lipinski definition) is 2. The number of carbonyl (C=O) groups is 1. The number of benzene rings is 1. The number of primary amides is 1. The summed E-state index contributed by atoms with van der Waals surface area (Å²) in [5.74, 6) is -0.349. The summed E-state index contributed by atoms with van der Waals surface area (Å²) >= 11 is 0. The monoisotopic (exact) mass is 176 g/mol. The van der Waals surface area contributed by atoms with Gasteiger partial charge in [0.05, 0.1) is 6.54 Å². The molecule has 3 nitrogen and oxygen atoms in total. The number of rotatable bonds is 3. The van der Waals surface area contributed by atoms with Crippen molar-refractivity contribution in [1.82, 2.24) is 0 Å². The van der Waals surface area contributed by atoms with Gasteiger partial charge in [0.15, 0.2) is 0 Å². The highest BCUT2D eigenvalue weighted by Crippen LogP contribution is 2.06. The molecule has 1 amide bonds. The van der Waals surface area contributed by atoms with Crippen LogP contribution in [0, 0.1) is 6.92 Å². The van der Waals surface area contributed by atoms with Crippen molar-refractivity contribution < 1.29 is 4.79 Å². The van der Waals surface area contributed by atoms with Crippen molar-refractivity contribution in [3.05, 3.63) is 23.8 Å². The minimum Gasteiger partial charge on any atom is -0.376 e. The van der Waals surface area contributed by atoms with Gasteiger partial charge in [0.1, 0.15) is 7.85 Å². The Hall–Kier alpha value is -1.45. The van der Waals surface area contributed by atoms with Crippen LogP contribution in [0.3, 0.4) is 0 Å². The molecular weight excluding hydrogens is 163 g/mol. The van der Waals surface area contributed by atoms with Gasteiger partial charge in [0, 0.05) is 5.69 Å².